The molecule has 2 unspecified atom stereocenters. The Morgan fingerprint density at radius 1 is 1.03 bits per heavy atom. The molecule has 30 heavy (non-hydrogen) atoms. The molecule has 5 rings (SSSR count). The number of hydrogen-bond donors (Lipinski definition) is 4. The summed E-state index contributed by atoms with van der Waals surface area (Å²) in [7, 11) is 0. The van der Waals surface area contributed by atoms with Crippen molar-refractivity contribution in [2.45, 2.75) is 26.1 Å². The summed E-state index contributed by atoms with van der Waals surface area (Å²) in [4.78, 5) is 16.9. The molecule has 2 aromatic carbocycles. The standard InChI is InChI=1S/C23H22N6O/c1-13-3-5-15(6-4-13)14(2)25-23(30)22-26-19-11-17-18(12-20(19)27-22)28-29-21(17)16-7-9-24-10-8-16/h3-12,14,22,26-27H,1-2H3,(H,25,30)(H,28,29). The maximum Gasteiger partial charge on any atom is 0.263 e. The number of fused-ring (bicyclic) bond motifs is 2. The molecule has 2 aromatic heterocycles. The van der Waals surface area contributed by atoms with Crippen LogP contribution < -0.4 is 16.0 Å². The van der Waals surface area contributed by atoms with E-state index in [2.05, 4.69) is 43.3 Å². The molecule has 1 amide bonds. The lowest BCUT2D eigenvalue weighted by atomic mass is 10.1. The van der Waals surface area contributed by atoms with E-state index < -0.39 is 6.17 Å². The quantitative estimate of drug-likeness (QED) is 0.417. The van der Waals surface area contributed by atoms with Crippen LogP contribution in [0.4, 0.5) is 11.4 Å². The van der Waals surface area contributed by atoms with E-state index in [1.54, 1.807) is 12.4 Å². The average Bonchev–Trinajstić information content (AvgIpc) is 3.36. The Kier molecular flexibility index (Phi) is 4.35. The number of H-pyrrole nitrogens is 1. The van der Waals surface area contributed by atoms with Crippen LogP contribution in [0.3, 0.4) is 0 Å². The normalized spacial score (nSPS) is 15.9. The minimum atomic E-state index is -0.531. The van der Waals surface area contributed by atoms with Crippen molar-refractivity contribution < 1.29 is 4.79 Å². The Hall–Kier alpha value is -3.87. The highest BCUT2D eigenvalue weighted by atomic mass is 16.2. The number of rotatable bonds is 4. The number of pyridine rings is 1. The van der Waals surface area contributed by atoms with Gasteiger partial charge in [-0.2, -0.15) is 5.10 Å². The number of aryl methyl sites for hydroxylation is 1. The van der Waals surface area contributed by atoms with Gasteiger partial charge in [0, 0.05) is 23.3 Å². The first kappa shape index (κ1) is 18.2. The number of aromatic nitrogens is 3. The number of aromatic amines is 1. The molecule has 4 aromatic rings. The van der Waals surface area contributed by atoms with Gasteiger partial charge in [0.15, 0.2) is 6.17 Å². The molecule has 0 fully saturated rings. The monoisotopic (exact) mass is 398 g/mol. The van der Waals surface area contributed by atoms with Crippen LogP contribution in [0.2, 0.25) is 0 Å². The van der Waals surface area contributed by atoms with Gasteiger partial charge in [0.25, 0.3) is 5.91 Å². The maximum atomic E-state index is 12.8. The van der Waals surface area contributed by atoms with Crippen molar-refractivity contribution in [2.24, 2.45) is 0 Å². The van der Waals surface area contributed by atoms with E-state index in [0.29, 0.717) is 0 Å². The summed E-state index contributed by atoms with van der Waals surface area (Å²) in [5, 5.41) is 18.1. The van der Waals surface area contributed by atoms with Crippen LogP contribution in [-0.2, 0) is 4.79 Å². The Morgan fingerprint density at radius 2 is 1.73 bits per heavy atom. The third-order valence-electron chi connectivity index (χ3n) is 5.45. The van der Waals surface area contributed by atoms with Crippen LogP contribution in [-0.4, -0.2) is 27.3 Å². The molecule has 1 aliphatic heterocycles. The van der Waals surface area contributed by atoms with E-state index in [4.69, 9.17) is 0 Å². The van der Waals surface area contributed by atoms with Crippen LogP contribution in [0.5, 0.6) is 0 Å². The number of amides is 1. The largest absolute Gasteiger partial charge is 0.356 e. The van der Waals surface area contributed by atoms with Gasteiger partial charge in [0.1, 0.15) is 5.69 Å². The molecule has 1 aliphatic rings. The molecule has 0 aliphatic carbocycles. The lowest BCUT2D eigenvalue weighted by Gasteiger charge is -2.18. The number of nitrogens with one attached hydrogen (secondary N) is 4. The minimum Gasteiger partial charge on any atom is -0.356 e. The van der Waals surface area contributed by atoms with E-state index >= 15 is 0 Å². The van der Waals surface area contributed by atoms with E-state index in [9.17, 15) is 4.79 Å². The number of benzene rings is 2. The average molecular weight is 398 g/mol. The van der Waals surface area contributed by atoms with Gasteiger partial charge in [-0.05, 0) is 43.7 Å². The summed E-state index contributed by atoms with van der Waals surface area (Å²) in [5.74, 6) is -0.101. The molecule has 150 valence electrons. The predicted molar refractivity (Wildman–Crippen MR) is 118 cm³/mol. The zero-order valence-corrected chi connectivity index (χ0v) is 16.7. The SMILES string of the molecule is Cc1ccc(C(C)NC(=O)C2Nc3cc4[nH]nc(-c5ccncc5)c4cc3N2)cc1. The van der Waals surface area contributed by atoms with Crippen LogP contribution in [0.15, 0.2) is 60.9 Å². The topological polar surface area (TPSA) is 94.7 Å². The zero-order valence-electron chi connectivity index (χ0n) is 16.7. The Balaban J connectivity index is 1.35. The molecule has 7 heteroatoms. The smallest absolute Gasteiger partial charge is 0.263 e. The maximum absolute atomic E-state index is 12.8. The summed E-state index contributed by atoms with van der Waals surface area (Å²) >= 11 is 0. The summed E-state index contributed by atoms with van der Waals surface area (Å²) in [6.07, 6.45) is 2.97. The van der Waals surface area contributed by atoms with Gasteiger partial charge in [-0.1, -0.05) is 29.8 Å². The molecular formula is C23H22N6O. The van der Waals surface area contributed by atoms with Gasteiger partial charge in [-0.3, -0.25) is 14.9 Å². The van der Waals surface area contributed by atoms with Crippen molar-refractivity contribution in [3.8, 4) is 11.3 Å². The molecule has 0 saturated heterocycles. The van der Waals surface area contributed by atoms with E-state index in [0.717, 1.165) is 39.1 Å². The molecule has 7 nitrogen and oxygen atoms in total. The fraction of sp³-hybridized carbons (Fsp3) is 0.174. The fourth-order valence-corrected chi connectivity index (χ4v) is 3.75. The van der Waals surface area contributed by atoms with Crippen molar-refractivity contribution >= 4 is 28.2 Å². The van der Waals surface area contributed by atoms with Crippen LogP contribution in [0.25, 0.3) is 22.2 Å². The summed E-state index contributed by atoms with van der Waals surface area (Å²) in [6.45, 7) is 4.04. The van der Waals surface area contributed by atoms with Crippen LogP contribution in [0, 0.1) is 6.92 Å². The number of carbonyl (C=O) groups excluding carboxylic acids is 1. The second-order valence-electron chi connectivity index (χ2n) is 7.61. The van der Waals surface area contributed by atoms with Crippen molar-refractivity contribution in [1.82, 2.24) is 20.5 Å². The number of anilines is 2. The number of nitrogens with zero attached hydrogens (tertiary/aromatic N) is 2. The van der Waals surface area contributed by atoms with Gasteiger partial charge in [0.05, 0.1) is 22.9 Å². The van der Waals surface area contributed by atoms with E-state index in [1.807, 2.05) is 50.2 Å². The van der Waals surface area contributed by atoms with Gasteiger partial charge >= 0.3 is 0 Å². The third kappa shape index (κ3) is 3.24. The summed E-state index contributed by atoms with van der Waals surface area (Å²) < 4.78 is 0. The van der Waals surface area contributed by atoms with Crippen LogP contribution in [0.1, 0.15) is 24.1 Å². The summed E-state index contributed by atoms with van der Waals surface area (Å²) in [6, 6.07) is 16.0. The lowest BCUT2D eigenvalue weighted by Crippen LogP contribution is -2.42. The Bertz CT molecular complexity index is 1220. The predicted octanol–water partition coefficient (Wildman–Crippen LogP) is 3.97. The van der Waals surface area contributed by atoms with Crippen molar-refractivity contribution in [1.29, 1.82) is 0 Å². The first-order chi connectivity index (χ1) is 14.6. The zero-order chi connectivity index (χ0) is 20.7. The molecule has 2 atom stereocenters. The van der Waals surface area contributed by atoms with Gasteiger partial charge in [-0.15, -0.1) is 0 Å². The molecule has 0 saturated carbocycles. The molecule has 3 heterocycles. The van der Waals surface area contributed by atoms with E-state index in [-0.39, 0.29) is 11.9 Å². The third-order valence-corrected chi connectivity index (χ3v) is 5.45. The molecule has 0 radical (unpaired) electrons. The highest BCUT2D eigenvalue weighted by molar-refractivity contribution is 6.02. The lowest BCUT2D eigenvalue weighted by molar-refractivity contribution is -0.121. The first-order valence-electron chi connectivity index (χ1n) is 9.91. The van der Waals surface area contributed by atoms with Gasteiger partial charge < -0.3 is 16.0 Å². The first-order valence-corrected chi connectivity index (χ1v) is 9.91. The van der Waals surface area contributed by atoms with Gasteiger partial charge in [0.2, 0.25) is 0 Å². The van der Waals surface area contributed by atoms with Crippen molar-refractivity contribution in [2.75, 3.05) is 10.6 Å². The second kappa shape index (κ2) is 7.18. The molecular weight excluding hydrogens is 376 g/mol. The second-order valence-corrected chi connectivity index (χ2v) is 7.61. The molecule has 0 spiro atoms. The highest BCUT2D eigenvalue weighted by Gasteiger charge is 2.28. The highest BCUT2D eigenvalue weighted by Crippen LogP contribution is 2.36. The number of hydrogen-bond acceptors (Lipinski definition) is 5. The van der Waals surface area contributed by atoms with E-state index in [1.165, 1.54) is 5.56 Å². The van der Waals surface area contributed by atoms with Crippen molar-refractivity contribution in [3.05, 3.63) is 72.1 Å². The Morgan fingerprint density at radius 3 is 2.47 bits per heavy atom. The Labute approximate surface area is 173 Å². The van der Waals surface area contributed by atoms with Gasteiger partial charge in [-0.25, -0.2) is 0 Å². The molecule has 4 N–H and O–H groups in total. The molecule has 0 bridgehead atoms. The summed E-state index contributed by atoms with van der Waals surface area (Å²) in [5.41, 5.74) is 6.78. The fourth-order valence-electron chi connectivity index (χ4n) is 3.75. The number of carbonyl (C=O) groups is 1. The van der Waals surface area contributed by atoms with Crippen LogP contribution >= 0.6 is 0 Å². The van der Waals surface area contributed by atoms with Crippen molar-refractivity contribution in [3.63, 3.8) is 0 Å². The minimum absolute atomic E-state index is 0.0810.